The van der Waals surface area contributed by atoms with Crippen LogP contribution >= 0.6 is 11.3 Å². The summed E-state index contributed by atoms with van der Waals surface area (Å²) < 4.78 is 11.6. The number of aromatic hydroxyl groups is 1. The molecule has 0 fully saturated rings. The largest absolute Gasteiger partial charge is 0.493 e. The SMILES string of the molecule is O=C(Cn1c(O)c(/C=C2/C=Nc3ccccc32)sc1=O)Nc1ccc2c(c1)OCO2. The topological polar surface area (TPSA) is 102 Å². The first-order valence-electron chi connectivity index (χ1n) is 9.06. The van der Waals surface area contributed by atoms with E-state index in [0.717, 1.165) is 32.7 Å². The number of hydrogen-bond acceptors (Lipinski definition) is 7. The Hall–Kier alpha value is -3.85. The van der Waals surface area contributed by atoms with E-state index in [1.807, 2.05) is 24.3 Å². The summed E-state index contributed by atoms with van der Waals surface area (Å²) in [5, 5.41) is 13.2. The number of nitrogens with zero attached hydrogens (tertiary/aromatic N) is 2. The van der Waals surface area contributed by atoms with Crippen LogP contribution in [0.1, 0.15) is 10.4 Å². The highest BCUT2D eigenvalue weighted by atomic mass is 32.1. The number of ether oxygens (including phenoxy) is 2. The van der Waals surface area contributed by atoms with E-state index in [-0.39, 0.29) is 19.2 Å². The number of allylic oxidation sites excluding steroid dienone is 1. The van der Waals surface area contributed by atoms with Gasteiger partial charge in [-0.1, -0.05) is 29.5 Å². The molecule has 8 nitrogen and oxygen atoms in total. The highest BCUT2D eigenvalue weighted by Crippen LogP contribution is 2.35. The molecule has 30 heavy (non-hydrogen) atoms. The van der Waals surface area contributed by atoms with Crippen LogP contribution in [0.4, 0.5) is 11.4 Å². The average molecular weight is 421 g/mol. The van der Waals surface area contributed by atoms with Gasteiger partial charge in [-0.05, 0) is 24.3 Å². The van der Waals surface area contributed by atoms with E-state index in [1.54, 1.807) is 30.5 Å². The van der Waals surface area contributed by atoms with E-state index < -0.39 is 10.8 Å². The number of nitrogens with one attached hydrogen (secondary N) is 1. The second kappa shape index (κ2) is 7.20. The standard InChI is InChI=1S/C21H15N3O5S/c25-19(23-13-5-6-16-17(8-13)29-11-28-16)10-24-20(26)18(30-21(24)27)7-12-9-22-15-4-2-1-3-14(12)15/h1-9,26H,10-11H2,(H,23,25)/b12-7-. The third kappa shape index (κ3) is 3.25. The molecule has 0 radical (unpaired) electrons. The molecule has 2 N–H and O–H groups in total. The molecule has 150 valence electrons. The summed E-state index contributed by atoms with van der Waals surface area (Å²) in [6.45, 7) is -0.179. The Kier molecular flexibility index (Phi) is 4.36. The van der Waals surface area contributed by atoms with Crippen LogP contribution in [0.15, 0.2) is 52.3 Å². The van der Waals surface area contributed by atoms with Gasteiger partial charge < -0.3 is 19.9 Å². The zero-order chi connectivity index (χ0) is 20.7. The van der Waals surface area contributed by atoms with Crippen LogP contribution in [-0.2, 0) is 11.3 Å². The smallest absolute Gasteiger partial charge is 0.311 e. The van der Waals surface area contributed by atoms with Crippen molar-refractivity contribution in [2.24, 2.45) is 4.99 Å². The Morgan fingerprint density at radius 1 is 1.23 bits per heavy atom. The minimum absolute atomic E-state index is 0.137. The molecule has 0 spiro atoms. The molecule has 0 saturated carbocycles. The Balaban J connectivity index is 1.36. The van der Waals surface area contributed by atoms with Crippen molar-refractivity contribution in [3.05, 3.63) is 62.6 Å². The Bertz CT molecular complexity index is 1290. The van der Waals surface area contributed by atoms with Crippen LogP contribution in [0.25, 0.3) is 11.6 Å². The first kappa shape index (κ1) is 18.2. The van der Waals surface area contributed by atoms with Crippen LogP contribution in [0.3, 0.4) is 0 Å². The molecule has 0 aliphatic carbocycles. The number of fused-ring (bicyclic) bond motifs is 2. The molecule has 0 bridgehead atoms. The van der Waals surface area contributed by atoms with Gasteiger partial charge in [0.1, 0.15) is 6.54 Å². The lowest BCUT2D eigenvalue weighted by molar-refractivity contribution is -0.116. The monoisotopic (exact) mass is 421 g/mol. The molecule has 5 rings (SSSR count). The second-order valence-electron chi connectivity index (χ2n) is 6.63. The number of rotatable bonds is 4. The molecule has 0 saturated heterocycles. The van der Waals surface area contributed by atoms with Crippen LogP contribution in [0, 0.1) is 0 Å². The number of aromatic nitrogens is 1. The van der Waals surface area contributed by atoms with Gasteiger partial charge >= 0.3 is 4.87 Å². The van der Waals surface area contributed by atoms with Gasteiger partial charge in [-0.3, -0.25) is 19.1 Å². The molecule has 3 heterocycles. The van der Waals surface area contributed by atoms with Gasteiger partial charge in [-0.2, -0.15) is 0 Å². The molecule has 2 aromatic carbocycles. The molecule has 1 amide bonds. The van der Waals surface area contributed by atoms with Crippen molar-refractivity contribution in [3.8, 4) is 17.4 Å². The number of aliphatic imine (C=N–C) groups is 1. The summed E-state index contributed by atoms with van der Waals surface area (Å²) in [4.78, 5) is 29.0. The highest BCUT2D eigenvalue weighted by Gasteiger charge is 2.19. The molecule has 1 aromatic heterocycles. The van der Waals surface area contributed by atoms with Crippen molar-refractivity contribution < 1.29 is 19.4 Å². The maximum Gasteiger partial charge on any atom is 0.311 e. The number of thiazole rings is 1. The van der Waals surface area contributed by atoms with Gasteiger partial charge in [0.05, 0.1) is 10.6 Å². The average Bonchev–Trinajstić information content (AvgIpc) is 3.43. The van der Waals surface area contributed by atoms with E-state index in [0.29, 0.717) is 22.1 Å². The molecular formula is C21H15N3O5S. The zero-order valence-electron chi connectivity index (χ0n) is 15.5. The number of benzene rings is 2. The number of anilines is 1. The Morgan fingerprint density at radius 2 is 2.07 bits per heavy atom. The maximum atomic E-state index is 12.4. The lowest BCUT2D eigenvalue weighted by atomic mass is 10.1. The fourth-order valence-electron chi connectivity index (χ4n) is 3.26. The van der Waals surface area contributed by atoms with Crippen molar-refractivity contribution in [1.82, 2.24) is 4.57 Å². The van der Waals surface area contributed by atoms with Gasteiger partial charge in [0, 0.05) is 29.1 Å². The predicted octanol–water partition coefficient (Wildman–Crippen LogP) is 3.24. The van der Waals surface area contributed by atoms with Crippen LogP contribution in [0.5, 0.6) is 17.4 Å². The molecular weight excluding hydrogens is 406 g/mol. The summed E-state index contributed by atoms with van der Waals surface area (Å²) in [7, 11) is 0. The van der Waals surface area contributed by atoms with E-state index in [9.17, 15) is 14.7 Å². The summed E-state index contributed by atoms with van der Waals surface area (Å²) >= 11 is 0.870. The molecule has 2 aliphatic rings. The van der Waals surface area contributed by atoms with Crippen LogP contribution in [0.2, 0.25) is 0 Å². The molecule has 0 atom stereocenters. The Labute approximate surface area is 174 Å². The third-order valence-electron chi connectivity index (χ3n) is 4.70. The second-order valence-corrected chi connectivity index (χ2v) is 7.63. The number of carbonyl (C=O) groups excluding carboxylic acids is 1. The summed E-state index contributed by atoms with van der Waals surface area (Å²) in [6.07, 6.45) is 3.38. The van der Waals surface area contributed by atoms with Crippen LogP contribution in [-0.4, -0.2) is 28.6 Å². The molecule has 0 unspecified atom stereocenters. The summed E-state index contributed by atoms with van der Waals surface area (Å²) in [5.74, 6) is 0.442. The van der Waals surface area contributed by atoms with Crippen LogP contribution < -0.4 is 19.7 Å². The molecule has 9 heteroatoms. The predicted molar refractivity (Wildman–Crippen MR) is 114 cm³/mol. The van der Waals surface area contributed by atoms with Gasteiger partial charge in [0.2, 0.25) is 18.6 Å². The first-order chi connectivity index (χ1) is 14.6. The minimum atomic E-state index is -0.448. The van der Waals surface area contributed by atoms with Crippen molar-refractivity contribution >= 4 is 46.5 Å². The maximum absolute atomic E-state index is 12.4. The number of hydrogen-bond donors (Lipinski definition) is 2. The number of carbonyl (C=O) groups is 1. The number of amides is 1. The summed E-state index contributed by atoms with van der Waals surface area (Å²) in [6, 6.07) is 12.6. The van der Waals surface area contributed by atoms with Crippen molar-refractivity contribution in [2.45, 2.75) is 6.54 Å². The van der Waals surface area contributed by atoms with E-state index in [1.165, 1.54) is 0 Å². The summed E-state index contributed by atoms with van der Waals surface area (Å²) in [5.41, 5.74) is 3.05. The van der Waals surface area contributed by atoms with Gasteiger partial charge in [-0.15, -0.1) is 0 Å². The van der Waals surface area contributed by atoms with Gasteiger partial charge in [0.25, 0.3) is 0 Å². The lowest BCUT2D eigenvalue weighted by Gasteiger charge is -2.07. The third-order valence-corrected chi connectivity index (χ3v) is 5.61. The minimum Gasteiger partial charge on any atom is -0.493 e. The van der Waals surface area contributed by atoms with Gasteiger partial charge in [-0.25, -0.2) is 0 Å². The molecule has 2 aliphatic heterocycles. The van der Waals surface area contributed by atoms with Gasteiger partial charge in [0.15, 0.2) is 11.5 Å². The fraction of sp³-hybridized carbons (Fsp3) is 0.0952. The Morgan fingerprint density at radius 3 is 2.97 bits per heavy atom. The zero-order valence-corrected chi connectivity index (χ0v) is 16.3. The molecule has 3 aromatic rings. The van der Waals surface area contributed by atoms with Crippen molar-refractivity contribution in [3.63, 3.8) is 0 Å². The van der Waals surface area contributed by atoms with Crippen molar-refractivity contribution in [2.75, 3.05) is 12.1 Å². The fourth-order valence-corrected chi connectivity index (χ4v) is 4.10. The lowest BCUT2D eigenvalue weighted by Crippen LogP contribution is -2.24. The first-order valence-corrected chi connectivity index (χ1v) is 9.87. The van der Waals surface area contributed by atoms with E-state index in [2.05, 4.69) is 10.3 Å². The van der Waals surface area contributed by atoms with Crippen molar-refractivity contribution in [1.29, 1.82) is 0 Å². The number of para-hydroxylation sites is 1. The highest BCUT2D eigenvalue weighted by molar-refractivity contribution is 7.10. The van der Waals surface area contributed by atoms with E-state index in [4.69, 9.17) is 9.47 Å². The quantitative estimate of drug-likeness (QED) is 0.673. The van der Waals surface area contributed by atoms with E-state index >= 15 is 0 Å². The normalized spacial score (nSPS) is 14.9.